The highest BCUT2D eigenvalue weighted by atomic mass is 19.1. The predicted octanol–water partition coefficient (Wildman–Crippen LogP) is 1.69. The summed E-state index contributed by atoms with van der Waals surface area (Å²) in [5.41, 5.74) is 8.61. The van der Waals surface area contributed by atoms with Gasteiger partial charge < -0.3 is 11.1 Å². The van der Waals surface area contributed by atoms with Gasteiger partial charge in [0.2, 0.25) is 0 Å². The zero-order valence-corrected chi connectivity index (χ0v) is 11.7. The first kappa shape index (κ1) is 14.0. The molecule has 20 heavy (non-hydrogen) atoms. The molecule has 0 aliphatic rings. The van der Waals surface area contributed by atoms with Gasteiger partial charge in [-0.3, -0.25) is 9.48 Å². The fourth-order valence-corrected chi connectivity index (χ4v) is 2.03. The van der Waals surface area contributed by atoms with Gasteiger partial charge in [-0.15, -0.1) is 0 Å². The summed E-state index contributed by atoms with van der Waals surface area (Å²) >= 11 is 0. The van der Waals surface area contributed by atoms with Crippen LogP contribution in [0.15, 0.2) is 18.2 Å². The molecule has 0 bridgehead atoms. The Morgan fingerprint density at radius 1 is 1.45 bits per heavy atom. The van der Waals surface area contributed by atoms with E-state index >= 15 is 0 Å². The van der Waals surface area contributed by atoms with E-state index in [-0.39, 0.29) is 11.6 Å². The maximum absolute atomic E-state index is 13.1. The molecule has 5 nitrogen and oxygen atoms in total. The van der Waals surface area contributed by atoms with Crippen molar-refractivity contribution in [3.63, 3.8) is 0 Å². The molecule has 1 aromatic heterocycles. The van der Waals surface area contributed by atoms with Gasteiger partial charge in [0.05, 0.1) is 11.4 Å². The molecule has 0 spiro atoms. The van der Waals surface area contributed by atoms with Crippen LogP contribution in [0.3, 0.4) is 0 Å². The summed E-state index contributed by atoms with van der Waals surface area (Å²) < 4.78 is 14.8. The predicted molar refractivity (Wildman–Crippen MR) is 74.7 cm³/mol. The highest BCUT2D eigenvalue weighted by molar-refractivity contribution is 5.95. The van der Waals surface area contributed by atoms with E-state index in [1.165, 1.54) is 18.2 Å². The van der Waals surface area contributed by atoms with Crippen LogP contribution in [0.1, 0.15) is 27.3 Å². The summed E-state index contributed by atoms with van der Waals surface area (Å²) in [4.78, 5) is 12.0. The van der Waals surface area contributed by atoms with Gasteiger partial charge in [-0.25, -0.2) is 4.39 Å². The third-order valence-corrected chi connectivity index (χ3v) is 3.34. The number of nitrogens with zero attached hydrogens (tertiary/aromatic N) is 2. The smallest absolute Gasteiger partial charge is 0.251 e. The number of benzene rings is 1. The number of anilines is 1. The van der Waals surface area contributed by atoms with Crippen LogP contribution in [0.25, 0.3) is 0 Å². The second-order valence-electron chi connectivity index (χ2n) is 4.69. The molecule has 1 aromatic carbocycles. The molecule has 2 rings (SSSR count). The summed E-state index contributed by atoms with van der Waals surface area (Å²) in [6.45, 7) is 4.21. The third kappa shape index (κ3) is 2.64. The molecule has 0 saturated carbocycles. The number of hydrogen-bond donors (Lipinski definition) is 2. The Hall–Kier alpha value is -2.37. The third-order valence-electron chi connectivity index (χ3n) is 3.34. The lowest BCUT2D eigenvalue weighted by Gasteiger charge is -2.07. The molecular weight excluding hydrogens is 259 g/mol. The van der Waals surface area contributed by atoms with Gasteiger partial charge in [0.1, 0.15) is 5.82 Å². The molecule has 0 radical (unpaired) electrons. The molecule has 0 atom stereocenters. The maximum atomic E-state index is 13.1. The Balaban J connectivity index is 2.10. The molecule has 1 amide bonds. The minimum Gasteiger partial charge on any atom is -0.396 e. The van der Waals surface area contributed by atoms with Crippen LogP contribution >= 0.6 is 0 Å². The van der Waals surface area contributed by atoms with Gasteiger partial charge in [-0.1, -0.05) is 0 Å². The van der Waals surface area contributed by atoms with E-state index in [4.69, 9.17) is 5.73 Å². The highest BCUT2D eigenvalue weighted by Crippen LogP contribution is 2.14. The van der Waals surface area contributed by atoms with E-state index in [2.05, 4.69) is 10.4 Å². The van der Waals surface area contributed by atoms with Crippen molar-refractivity contribution < 1.29 is 9.18 Å². The molecule has 0 unspecified atom stereocenters. The first-order valence-corrected chi connectivity index (χ1v) is 6.22. The Kier molecular flexibility index (Phi) is 3.74. The number of nitrogen functional groups attached to an aromatic ring is 1. The number of carbonyl (C=O) groups is 1. The van der Waals surface area contributed by atoms with Crippen molar-refractivity contribution in [2.45, 2.75) is 20.4 Å². The number of carbonyl (C=O) groups excluding carboxylic acids is 1. The summed E-state index contributed by atoms with van der Waals surface area (Å²) in [7, 11) is 1.86. The van der Waals surface area contributed by atoms with Gasteiger partial charge in [0, 0.05) is 30.4 Å². The van der Waals surface area contributed by atoms with E-state index in [9.17, 15) is 9.18 Å². The lowest BCUT2D eigenvalue weighted by molar-refractivity contribution is 0.0951. The summed E-state index contributed by atoms with van der Waals surface area (Å²) in [6.07, 6.45) is 0. The van der Waals surface area contributed by atoms with Crippen LogP contribution in [0.2, 0.25) is 0 Å². The van der Waals surface area contributed by atoms with Crippen molar-refractivity contribution in [1.29, 1.82) is 0 Å². The maximum Gasteiger partial charge on any atom is 0.251 e. The minimum absolute atomic E-state index is 0.0358. The number of amides is 1. The first-order chi connectivity index (χ1) is 9.40. The topological polar surface area (TPSA) is 72.9 Å². The number of aryl methyl sites for hydroxylation is 2. The number of hydrogen-bond acceptors (Lipinski definition) is 3. The number of nitrogens with two attached hydrogens (primary N) is 1. The molecule has 3 N–H and O–H groups in total. The van der Waals surface area contributed by atoms with Gasteiger partial charge in [0.15, 0.2) is 0 Å². The Morgan fingerprint density at radius 2 is 2.15 bits per heavy atom. The molecule has 0 aliphatic heterocycles. The Labute approximate surface area is 116 Å². The standard InChI is InChI=1S/C14H17FN4O/c1-8-11(9(2)19(3)18-8)7-17-14(20)10-4-5-12(15)13(16)6-10/h4-6H,7,16H2,1-3H3,(H,17,20). The normalized spacial score (nSPS) is 10.6. The first-order valence-electron chi connectivity index (χ1n) is 6.22. The number of rotatable bonds is 3. The van der Waals surface area contributed by atoms with Gasteiger partial charge in [-0.05, 0) is 32.0 Å². The molecule has 0 saturated heterocycles. The van der Waals surface area contributed by atoms with Gasteiger partial charge in [-0.2, -0.15) is 5.10 Å². The van der Waals surface area contributed by atoms with Crippen molar-refractivity contribution >= 4 is 11.6 Å². The molecule has 0 aliphatic carbocycles. The van der Waals surface area contributed by atoms with Crippen LogP contribution in [0, 0.1) is 19.7 Å². The highest BCUT2D eigenvalue weighted by Gasteiger charge is 2.12. The Bertz CT molecular complexity index is 663. The average molecular weight is 276 g/mol. The van der Waals surface area contributed by atoms with Crippen LogP contribution in [0.5, 0.6) is 0 Å². The molecule has 0 fully saturated rings. The molecular formula is C14H17FN4O. The number of halogens is 1. The second kappa shape index (κ2) is 5.32. The zero-order valence-electron chi connectivity index (χ0n) is 11.7. The van der Waals surface area contributed by atoms with Crippen molar-refractivity contribution in [1.82, 2.24) is 15.1 Å². The number of nitrogens with one attached hydrogen (secondary N) is 1. The Morgan fingerprint density at radius 3 is 2.70 bits per heavy atom. The zero-order chi connectivity index (χ0) is 14.9. The van der Waals surface area contributed by atoms with Crippen molar-refractivity contribution in [3.05, 3.63) is 46.5 Å². The van der Waals surface area contributed by atoms with E-state index in [0.29, 0.717) is 12.1 Å². The van der Waals surface area contributed by atoms with Crippen molar-refractivity contribution in [3.8, 4) is 0 Å². The largest absolute Gasteiger partial charge is 0.396 e. The SMILES string of the molecule is Cc1nn(C)c(C)c1CNC(=O)c1ccc(F)c(N)c1. The fourth-order valence-electron chi connectivity index (χ4n) is 2.03. The molecule has 106 valence electrons. The van der Waals surface area contributed by atoms with Crippen molar-refractivity contribution in [2.24, 2.45) is 7.05 Å². The van der Waals surface area contributed by atoms with Gasteiger partial charge in [0.25, 0.3) is 5.91 Å². The number of aromatic nitrogens is 2. The fraction of sp³-hybridized carbons (Fsp3) is 0.286. The lowest BCUT2D eigenvalue weighted by Crippen LogP contribution is -2.23. The quantitative estimate of drug-likeness (QED) is 0.838. The lowest BCUT2D eigenvalue weighted by atomic mass is 10.1. The summed E-state index contributed by atoms with van der Waals surface area (Å²) in [5.74, 6) is -0.820. The second-order valence-corrected chi connectivity index (χ2v) is 4.69. The average Bonchev–Trinajstić information content (AvgIpc) is 2.64. The van der Waals surface area contributed by atoms with E-state index in [0.717, 1.165) is 17.0 Å². The van der Waals surface area contributed by atoms with E-state index in [1.54, 1.807) is 4.68 Å². The summed E-state index contributed by atoms with van der Waals surface area (Å²) in [6, 6.07) is 3.92. The van der Waals surface area contributed by atoms with Crippen LogP contribution < -0.4 is 11.1 Å². The van der Waals surface area contributed by atoms with Crippen molar-refractivity contribution in [2.75, 3.05) is 5.73 Å². The van der Waals surface area contributed by atoms with E-state index in [1.807, 2.05) is 20.9 Å². The van der Waals surface area contributed by atoms with Gasteiger partial charge >= 0.3 is 0 Å². The molecule has 2 aromatic rings. The van der Waals surface area contributed by atoms with Crippen LogP contribution in [0.4, 0.5) is 10.1 Å². The molecule has 1 heterocycles. The molecule has 6 heteroatoms. The van der Waals surface area contributed by atoms with E-state index < -0.39 is 5.82 Å². The minimum atomic E-state index is -0.527. The monoisotopic (exact) mass is 276 g/mol. The summed E-state index contributed by atoms with van der Waals surface area (Å²) in [5, 5.41) is 7.07. The van der Waals surface area contributed by atoms with Crippen LogP contribution in [-0.2, 0) is 13.6 Å². The van der Waals surface area contributed by atoms with Crippen LogP contribution in [-0.4, -0.2) is 15.7 Å².